The minimum absolute atomic E-state index is 0.256. The maximum Gasteiger partial charge on any atom is 0.210 e. The van der Waals surface area contributed by atoms with Crippen LogP contribution < -0.4 is 0 Å². The van der Waals surface area contributed by atoms with Crippen LogP contribution in [0.25, 0.3) is 5.76 Å². The molecule has 0 atom stereocenters. The lowest BCUT2D eigenvalue weighted by Crippen LogP contribution is -1.91. The third-order valence-electron chi connectivity index (χ3n) is 1.36. The summed E-state index contributed by atoms with van der Waals surface area (Å²) in [5.74, 6) is 2.01. The SMILES string of the molecule is CCOC(=C=O)c1cc[c]cc1. The molecule has 1 aromatic rings. The summed E-state index contributed by atoms with van der Waals surface area (Å²) >= 11 is 0. The molecule has 12 heavy (non-hydrogen) atoms. The summed E-state index contributed by atoms with van der Waals surface area (Å²) in [6, 6.07) is 9.83. The average Bonchev–Trinajstić information content (AvgIpc) is 2.15. The third kappa shape index (κ3) is 1.97. The Morgan fingerprint density at radius 2 is 2.25 bits per heavy atom. The van der Waals surface area contributed by atoms with Crippen molar-refractivity contribution in [3.8, 4) is 0 Å². The summed E-state index contributed by atoms with van der Waals surface area (Å²) in [6.07, 6.45) is 0. The monoisotopic (exact) mass is 161 g/mol. The van der Waals surface area contributed by atoms with Crippen molar-refractivity contribution in [2.75, 3.05) is 6.61 Å². The fourth-order valence-corrected chi connectivity index (χ4v) is 0.854. The lowest BCUT2D eigenvalue weighted by atomic mass is 10.2. The summed E-state index contributed by atoms with van der Waals surface area (Å²) < 4.78 is 5.06. The molecular formula is C10H9O2. The van der Waals surface area contributed by atoms with Crippen LogP contribution in [0.3, 0.4) is 0 Å². The summed E-state index contributed by atoms with van der Waals surface area (Å²) in [5.41, 5.74) is 0.741. The zero-order valence-corrected chi connectivity index (χ0v) is 6.83. The van der Waals surface area contributed by atoms with Gasteiger partial charge < -0.3 is 4.74 Å². The number of benzene rings is 1. The molecule has 61 valence electrons. The second-order valence-electron chi connectivity index (χ2n) is 2.15. The number of carbonyl (C=O) groups excluding carboxylic acids is 1. The van der Waals surface area contributed by atoms with Gasteiger partial charge in [-0.1, -0.05) is 12.1 Å². The van der Waals surface area contributed by atoms with E-state index in [2.05, 4.69) is 6.07 Å². The molecule has 0 spiro atoms. The highest BCUT2D eigenvalue weighted by Crippen LogP contribution is 2.10. The fraction of sp³-hybridized carbons (Fsp3) is 0.200. The summed E-state index contributed by atoms with van der Waals surface area (Å²) in [4.78, 5) is 10.4. The van der Waals surface area contributed by atoms with Crippen LogP contribution in [0.4, 0.5) is 0 Å². The van der Waals surface area contributed by atoms with E-state index in [1.165, 1.54) is 0 Å². The van der Waals surface area contributed by atoms with Gasteiger partial charge in [-0.3, -0.25) is 0 Å². The minimum Gasteiger partial charge on any atom is -0.483 e. The average molecular weight is 161 g/mol. The fourth-order valence-electron chi connectivity index (χ4n) is 0.854. The van der Waals surface area contributed by atoms with Crippen molar-refractivity contribution in [3.63, 3.8) is 0 Å². The van der Waals surface area contributed by atoms with Crippen LogP contribution in [-0.4, -0.2) is 12.5 Å². The molecule has 1 rings (SSSR count). The van der Waals surface area contributed by atoms with Gasteiger partial charge in [0.05, 0.1) is 6.61 Å². The topological polar surface area (TPSA) is 26.3 Å². The Labute approximate surface area is 71.5 Å². The molecule has 0 unspecified atom stereocenters. The van der Waals surface area contributed by atoms with Crippen molar-refractivity contribution in [2.45, 2.75) is 6.92 Å². The van der Waals surface area contributed by atoms with Crippen LogP contribution in [0.1, 0.15) is 12.5 Å². The van der Waals surface area contributed by atoms with Gasteiger partial charge in [-0.25, -0.2) is 4.79 Å². The molecule has 0 N–H and O–H groups in total. The number of rotatable bonds is 3. The Balaban J connectivity index is 2.89. The molecule has 0 aliphatic carbocycles. The molecule has 1 radical (unpaired) electrons. The van der Waals surface area contributed by atoms with E-state index in [0.29, 0.717) is 6.61 Å². The van der Waals surface area contributed by atoms with Gasteiger partial charge in [0.25, 0.3) is 0 Å². The van der Waals surface area contributed by atoms with Crippen molar-refractivity contribution in [1.29, 1.82) is 0 Å². The highest BCUT2D eigenvalue weighted by molar-refractivity contribution is 5.83. The third-order valence-corrected chi connectivity index (χ3v) is 1.36. The molecule has 0 saturated heterocycles. The van der Waals surface area contributed by atoms with Crippen LogP contribution in [0.2, 0.25) is 0 Å². The zero-order chi connectivity index (χ0) is 8.81. The van der Waals surface area contributed by atoms with E-state index in [0.717, 1.165) is 5.56 Å². The quantitative estimate of drug-likeness (QED) is 0.498. The van der Waals surface area contributed by atoms with Crippen LogP contribution in [0, 0.1) is 6.07 Å². The second kappa shape index (κ2) is 4.37. The van der Waals surface area contributed by atoms with Gasteiger partial charge in [-0.05, 0) is 25.1 Å². The van der Waals surface area contributed by atoms with Gasteiger partial charge >= 0.3 is 0 Å². The lowest BCUT2D eigenvalue weighted by Gasteiger charge is -2.02. The molecule has 0 aromatic heterocycles. The first-order valence-electron chi connectivity index (χ1n) is 3.73. The predicted molar refractivity (Wildman–Crippen MR) is 46.0 cm³/mol. The molecule has 0 saturated carbocycles. The minimum atomic E-state index is 0.256. The first-order chi connectivity index (χ1) is 5.88. The van der Waals surface area contributed by atoms with E-state index in [4.69, 9.17) is 4.74 Å². The van der Waals surface area contributed by atoms with Gasteiger partial charge in [0, 0.05) is 5.56 Å². The highest BCUT2D eigenvalue weighted by atomic mass is 16.5. The van der Waals surface area contributed by atoms with Crippen LogP contribution >= 0.6 is 0 Å². The largest absolute Gasteiger partial charge is 0.483 e. The second-order valence-corrected chi connectivity index (χ2v) is 2.15. The normalized spacial score (nSPS) is 8.75. The maximum absolute atomic E-state index is 10.4. The number of hydrogen-bond donors (Lipinski definition) is 0. The van der Waals surface area contributed by atoms with Crippen LogP contribution in [0.5, 0.6) is 0 Å². The first-order valence-corrected chi connectivity index (χ1v) is 3.73. The van der Waals surface area contributed by atoms with E-state index in [-0.39, 0.29) is 5.76 Å². The Morgan fingerprint density at radius 3 is 2.75 bits per heavy atom. The Bertz CT molecular complexity index is 284. The maximum atomic E-state index is 10.4. The van der Waals surface area contributed by atoms with Crippen LogP contribution in [-0.2, 0) is 9.53 Å². The molecule has 0 bridgehead atoms. The molecule has 2 nitrogen and oxygen atoms in total. The van der Waals surface area contributed by atoms with Crippen molar-refractivity contribution < 1.29 is 9.53 Å². The molecule has 0 fully saturated rings. The Kier molecular flexibility index (Phi) is 3.12. The van der Waals surface area contributed by atoms with E-state index in [1.807, 2.05) is 6.92 Å². The molecule has 0 aliphatic rings. The molecular weight excluding hydrogens is 152 g/mol. The summed E-state index contributed by atoms with van der Waals surface area (Å²) in [6.45, 7) is 2.30. The van der Waals surface area contributed by atoms with Crippen molar-refractivity contribution in [1.82, 2.24) is 0 Å². The number of ether oxygens (including phenoxy) is 1. The first kappa shape index (κ1) is 8.57. The van der Waals surface area contributed by atoms with Crippen molar-refractivity contribution in [2.24, 2.45) is 0 Å². The lowest BCUT2D eigenvalue weighted by molar-refractivity contribution is 0.299. The van der Waals surface area contributed by atoms with E-state index >= 15 is 0 Å². The van der Waals surface area contributed by atoms with E-state index in [1.54, 1.807) is 30.2 Å². The molecule has 0 amide bonds. The standard InChI is InChI=1S/C10H9O2/c1-2-12-10(8-11)9-6-4-3-5-7-9/h4-7H,2H2,1H3. The van der Waals surface area contributed by atoms with Crippen molar-refractivity contribution in [3.05, 3.63) is 35.9 Å². The Morgan fingerprint density at radius 1 is 1.58 bits per heavy atom. The smallest absolute Gasteiger partial charge is 0.210 e. The van der Waals surface area contributed by atoms with Crippen molar-refractivity contribution >= 4 is 11.7 Å². The molecule has 0 aliphatic heterocycles. The highest BCUT2D eigenvalue weighted by Gasteiger charge is 2.00. The van der Waals surface area contributed by atoms with Gasteiger partial charge in [0.2, 0.25) is 5.76 Å². The molecule has 1 aromatic carbocycles. The van der Waals surface area contributed by atoms with Gasteiger partial charge in [-0.15, -0.1) is 0 Å². The number of hydrogen-bond acceptors (Lipinski definition) is 2. The van der Waals surface area contributed by atoms with Gasteiger partial charge in [-0.2, -0.15) is 0 Å². The summed E-state index contributed by atoms with van der Waals surface area (Å²) in [5, 5.41) is 0. The predicted octanol–water partition coefficient (Wildman–Crippen LogP) is 1.70. The van der Waals surface area contributed by atoms with E-state index in [9.17, 15) is 4.79 Å². The molecule has 0 heterocycles. The zero-order valence-electron chi connectivity index (χ0n) is 6.83. The Hall–Kier alpha value is -1.53. The van der Waals surface area contributed by atoms with Gasteiger partial charge in [0.15, 0.2) is 5.94 Å². The van der Waals surface area contributed by atoms with Crippen LogP contribution in [0.15, 0.2) is 24.3 Å². The molecule has 2 heteroatoms. The van der Waals surface area contributed by atoms with Gasteiger partial charge in [0.1, 0.15) is 0 Å². The van der Waals surface area contributed by atoms with E-state index < -0.39 is 0 Å². The summed E-state index contributed by atoms with van der Waals surface area (Å²) in [7, 11) is 0.